The van der Waals surface area contributed by atoms with Crippen molar-refractivity contribution in [3.8, 4) is 11.3 Å². The molecule has 0 aliphatic heterocycles. The fourth-order valence-corrected chi connectivity index (χ4v) is 5.45. The highest BCUT2D eigenvalue weighted by Crippen LogP contribution is 2.43. The molecule has 0 aromatic carbocycles. The molecule has 0 radical (unpaired) electrons. The van der Waals surface area contributed by atoms with E-state index in [1.54, 1.807) is 36.3 Å². The highest BCUT2D eigenvalue weighted by atomic mass is 32.1. The van der Waals surface area contributed by atoms with E-state index < -0.39 is 24.2 Å². The topological polar surface area (TPSA) is 108 Å². The lowest BCUT2D eigenvalue weighted by Gasteiger charge is -2.23. The highest BCUT2D eigenvalue weighted by Gasteiger charge is 2.34. The SMILES string of the molecule is Cc1nnn(C)c1-c1cnc2c3snc(C(C)(C)O)c3n(C(CCC(F)(F)F)c3cnoc3)c2c1. The first-order chi connectivity index (χ1) is 16.5. The summed E-state index contributed by atoms with van der Waals surface area (Å²) in [6.45, 7) is 5.01. The first-order valence-corrected chi connectivity index (χ1v) is 11.6. The first-order valence-electron chi connectivity index (χ1n) is 10.8. The van der Waals surface area contributed by atoms with E-state index in [2.05, 4.69) is 24.8 Å². The van der Waals surface area contributed by atoms with Crippen LogP contribution in [0.4, 0.5) is 13.2 Å². The molecule has 5 aromatic heterocycles. The van der Waals surface area contributed by atoms with Crippen molar-refractivity contribution < 1.29 is 22.8 Å². The van der Waals surface area contributed by atoms with E-state index in [0.29, 0.717) is 43.8 Å². The molecule has 9 nitrogen and oxygen atoms in total. The number of aliphatic hydroxyl groups is 1. The van der Waals surface area contributed by atoms with Crippen LogP contribution >= 0.6 is 11.5 Å². The molecule has 5 rings (SSSR count). The van der Waals surface area contributed by atoms with Crippen LogP contribution in [0.25, 0.3) is 32.5 Å². The molecule has 35 heavy (non-hydrogen) atoms. The fourth-order valence-electron chi connectivity index (χ4n) is 4.43. The van der Waals surface area contributed by atoms with E-state index in [9.17, 15) is 18.3 Å². The Hall–Kier alpha value is -3.32. The van der Waals surface area contributed by atoms with Crippen LogP contribution in [0, 0.1) is 6.92 Å². The van der Waals surface area contributed by atoms with Crippen molar-refractivity contribution in [2.24, 2.45) is 7.05 Å². The molecular formula is C22H22F3N7O2S. The zero-order chi connectivity index (χ0) is 25.1. The number of fused-ring (bicyclic) bond motifs is 3. The zero-order valence-corrected chi connectivity index (χ0v) is 20.1. The van der Waals surface area contributed by atoms with Gasteiger partial charge in [-0.2, -0.15) is 17.5 Å². The van der Waals surface area contributed by atoms with Gasteiger partial charge in [0.1, 0.15) is 23.1 Å². The van der Waals surface area contributed by atoms with Crippen LogP contribution in [0.5, 0.6) is 0 Å². The Morgan fingerprint density at radius 2 is 2.00 bits per heavy atom. The fraction of sp³-hybridized carbons (Fsp3) is 0.409. The van der Waals surface area contributed by atoms with Crippen molar-refractivity contribution in [3.63, 3.8) is 0 Å². The van der Waals surface area contributed by atoms with Gasteiger partial charge in [-0.1, -0.05) is 10.4 Å². The lowest BCUT2D eigenvalue weighted by atomic mass is 10.0. The summed E-state index contributed by atoms with van der Waals surface area (Å²) in [5.74, 6) is 0. The Kier molecular flexibility index (Phi) is 5.44. The molecule has 0 aliphatic carbocycles. The minimum Gasteiger partial charge on any atom is -0.384 e. The second-order valence-electron chi connectivity index (χ2n) is 9.00. The van der Waals surface area contributed by atoms with E-state index >= 15 is 0 Å². The quantitative estimate of drug-likeness (QED) is 0.350. The molecule has 0 spiro atoms. The Bertz CT molecular complexity index is 1490. The summed E-state index contributed by atoms with van der Waals surface area (Å²) in [6, 6.07) is 1.08. The molecule has 0 fully saturated rings. The predicted octanol–water partition coefficient (Wildman–Crippen LogP) is 4.90. The van der Waals surface area contributed by atoms with Gasteiger partial charge in [0.15, 0.2) is 0 Å². The molecule has 0 saturated carbocycles. The van der Waals surface area contributed by atoms with Crippen molar-refractivity contribution >= 4 is 32.8 Å². The minimum absolute atomic E-state index is 0.263. The van der Waals surface area contributed by atoms with Gasteiger partial charge < -0.3 is 14.2 Å². The summed E-state index contributed by atoms with van der Waals surface area (Å²) in [5.41, 5.74) is 3.38. The zero-order valence-electron chi connectivity index (χ0n) is 19.3. The van der Waals surface area contributed by atoms with Crippen molar-refractivity contribution in [2.75, 3.05) is 0 Å². The van der Waals surface area contributed by atoms with Gasteiger partial charge in [-0.15, -0.1) is 5.10 Å². The molecule has 1 atom stereocenters. The van der Waals surface area contributed by atoms with Gasteiger partial charge in [-0.05, 0) is 44.8 Å². The molecule has 5 heterocycles. The summed E-state index contributed by atoms with van der Waals surface area (Å²) in [5, 5.41) is 22.7. The third kappa shape index (κ3) is 4.08. The number of rotatable bonds is 6. The van der Waals surface area contributed by atoms with Crippen LogP contribution in [-0.4, -0.2) is 45.4 Å². The van der Waals surface area contributed by atoms with Gasteiger partial charge in [0.05, 0.1) is 39.4 Å². The first kappa shape index (κ1) is 23.4. The molecule has 1 unspecified atom stereocenters. The largest absolute Gasteiger partial charge is 0.389 e. The van der Waals surface area contributed by atoms with Gasteiger partial charge in [0, 0.05) is 30.8 Å². The second-order valence-corrected chi connectivity index (χ2v) is 9.78. The Balaban J connectivity index is 1.84. The number of nitrogens with zero attached hydrogens (tertiary/aromatic N) is 7. The predicted molar refractivity (Wildman–Crippen MR) is 123 cm³/mol. The number of hydrogen-bond donors (Lipinski definition) is 1. The van der Waals surface area contributed by atoms with E-state index in [0.717, 1.165) is 17.2 Å². The average molecular weight is 506 g/mol. The maximum Gasteiger partial charge on any atom is 0.389 e. The summed E-state index contributed by atoms with van der Waals surface area (Å²) >= 11 is 1.15. The smallest absolute Gasteiger partial charge is 0.384 e. The van der Waals surface area contributed by atoms with Crippen molar-refractivity contribution in [3.05, 3.63) is 41.7 Å². The van der Waals surface area contributed by atoms with Crippen LogP contribution in [0.1, 0.15) is 49.7 Å². The number of alkyl halides is 3. The minimum atomic E-state index is -4.36. The van der Waals surface area contributed by atoms with Crippen molar-refractivity contribution in [1.82, 2.24) is 34.1 Å². The monoisotopic (exact) mass is 505 g/mol. The van der Waals surface area contributed by atoms with Crippen molar-refractivity contribution in [2.45, 2.75) is 51.4 Å². The molecule has 184 valence electrons. The van der Waals surface area contributed by atoms with Gasteiger partial charge >= 0.3 is 6.18 Å². The summed E-state index contributed by atoms with van der Waals surface area (Å²) in [4.78, 5) is 4.67. The Morgan fingerprint density at radius 3 is 2.60 bits per heavy atom. The maximum atomic E-state index is 13.3. The molecule has 0 bridgehead atoms. The molecule has 1 N–H and O–H groups in total. The number of pyridine rings is 1. The summed E-state index contributed by atoms with van der Waals surface area (Å²) in [7, 11) is 1.76. The van der Waals surface area contributed by atoms with Gasteiger partial charge in [-0.3, -0.25) is 4.98 Å². The summed E-state index contributed by atoms with van der Waals surface area (Å²) in [6.07, 6.45) is -1.20. The lowest BCUT2D eigenvalue weighted by molar-refractivity contribution is -0.136. The maximum absolute atomic E-state index is 13.3. The summed E-state index contributed by atoms with van der Waals surface area (Å²) < 4.78 is 53.6. The molecule has 5 aromatic rings. The van der Waals surface area contributed by atoms with Gasteiger partial charge in [0.25, 0.3) is 0 Å². The normalized spacial score (nSPS) is 13.8. The highest BCUT2D eigenvalue weighted by molar-refractivity contribution is 7.14. The molecule has 13 heteroatoms. The van der Waals surface area contributed by atoms with Gasteiger partial charge in [0.2, 0.25) is 0 Å². The van der Waals surface area contributed by atoms with E-state index in [-0.39, 0.29) is 6.42 Å². The number of aryl methyl sites for hydroxylation is 2. The molecule has 0 aliphatic rings. The van der Waals surface area contributed by atoms with Gasteiger partial charge in [-0.25, -0.2) is 4.68 Å². The van der Waals surface area contributed by atoms with Crippen LogP contribution < -0.4 is 0 Å². The average Bonchev–Trinajstić information content (AvgIpc) is 3.53. The Morgan fingerprint density at radius 1 is 1.23 bits per heavy atom. The second kappa shape index (κ2) is 8.12. The van der Waals surface area contributed by atoms with E-state index in [1.807, 2.05) is 13.0 Å². The third-order valence-corrected chi connectivity index (χ3v) is 6.79. The van der Waals surface area contributed by atoms with Crippen LogP contribution in [0.15, 0.2) is 29.2 Å². The van der Waals surface area contributed by atoms with Crippen molar-refractivity contribution in [1.29, 1.82) is 0 Å². The lowest BCUT2D eigenvalue weighted by Crippen LogP contribution is -2.20. The Labute approximate surface area is 201 Å². The molecular weight excluding hydrogens is 483 g/mol. The number of halogens is 3. The standard InChI is InChI=1S/C22H22F3N7O2S/c1-11-17(31(4)30-28-11)12-7-15-16(26-8-12)19-18(20(29-35-19)21(2,3)33)32(15)14(5-6-22(23,24)25)13-9-27-34-10-13/h7-10,14,33H,5-6H2,1-4H3. The van der Waals surface area contributed by atoms with Crippen LogP contribution in [0.2, 0.25) is 0 Å². The molecule has 0 amide bonds. The number of aromatic nitrogens is 7. The molecule has 0 saturated heterocycles. The van der Waals surface area contributed by atoms with Crippen LogP contribution in [0.3, 0.4) is 0 Å². The van der Waals surface area contributed by atoms with E-state index in [1.165, 1.54) is 12.5 Å². The number of hydrogen-bond acceptors (Lipinski definition) is 8. The van der Waals surface area contributed by atoms with Crippen LogP contribution in [-0.2, 0) is 12.6 Å². The third-order valence-electron chi connectivity index (χ3n) is 5.95. The van der Waals surface area contributed by atoms with E-state index in [4.69, 9.17) is 4.52 Å².